The van der Waals surface area contributed by atoms with Crippen LogP contribution in [-0.2, 0) is 16.0 Å². The Hall–Kier alpha value is -3.03. The molecule has 0 radical (unpaired) electrons. The topological polar surface area (TPSA) is 113 Å². The molecule has 2 rings (SSSR count). The molecule has 0 spiro atoms. The lowest BCUT2D eigenvalue weighted by Gasteiger charge is -2.13. The zero-order valence-corrected chi connectivity index (χ0v) is 15.0. The van der Waals surface area contributed by atoms with E-state index in [0.717, 1.165) is 0 Å². The molecule has 0 unspecified atom stereocenters. The third kappa shape index (κ3) is 5.80. The summed E-state index contributed by atoms with van der Waals surface area (Å²) in [4.78, 5) is 34.9. The van der Waals surface area contributed by atoms with Crippen molar-refractivity contribution in [1.29, 1.82) is 0 Å². The second kappa shape index (κ2) is 8.89. The monoisotopic (exact) mass is 361 g/mol. The number of nitrogens with one attached hydrogen (secondary N) is 3. The van der Waals surface area contributed by atoms with E-state index in [-0.39, 0.29) is 29.7 Å². The van der Waals surface area contributed by atoms with Crippen LogP contribution in [0.3, 0.4) is 0 Å². The Morgan fingerprint density at radius 3 is 2.58 bits per heavy atom. The van der Waals surface area contributed by atoms with Gasteiger partial charge in [-0.3, -0.25) is 14.4 Å². The molecular formula is C18H23N3O5. The maximum Gasteiger partial charge on any atom is 0.280 e. The molecule has 0 aliphatic rings. The summed E-state index contributed by atoms with van der Waals surface area (Å²) >= 11 is 0. The second-order valence-corrected chi connectivity index (χ2v) is 6.29. The zero-order valence-electron chi connectivity index (χ0n) is 15.0. The SMILES string of the molecule is COc1cc(NC(=O)CCc2cc(=O)[nH]o2)ccc1NC(=O)CC(C)C. The van der Waals surface area contributed by atoms with E-state index < -0.39 is 0 Å². The molecule has 0 bridgehead atoms. The molecule has 1 aromatic carbocycles. The number of methoxy groups -OCH3 is 1. The van der Waals surface area contributed by atoms with Crippen molar-refractivity contribution in [2.45, 2.75) is 33.1 Å². The number of aryl methyl sites for hydroxylation is 1. The van der Waals surface area contributed by atoms with Gasteiger partial charge in [-0.1, -0.05) is 13.8 Å². The highest BCUT2D eigenvalue weighted by Crippen LogP contribution is 2.28. The molecule has 0 saturated heterocycles. The van der Waals surface area contributed by atoms with Crippen LogP contribution in [-0.4, -0.2) is 24.1 Å². The minimum atomic E-state index is -0.333. The van der Waals surface area contributed by atoms with Crippen LogP contribution in [0.2, 0.25) is 0 Å². The number of anilines is 2. The summed E-state index contributed by atoms with van der Waals surface area (Å²) in [7, 11) is 1.49. The normalized spacial score (nSPS) is 10.6. The highest BCUT2D eigenvalue weighted by molar-refractivity contribution is 5.94. The molecular weight excluding hydrogens is 338 g/mol. The molecule has 26 heavy (non-hydrogen) atoms. The summed E-state index contributed by atoms with van der Waals surface area (Å²) in [6.45, 7) is 3.93. The lowest BCUT2D eigenvalue weighted by molar-refractivity contribution is -0.117. The highest BCUT2D eigenvalue weighted by Gasteiger charge is 2.12. The largest absolute Gasteiger partial charge is 0.494 e. The van der Waals surface area contributed by atoms with E-state index in [9.17, 15) is 14.4 Å². The predicted octanol–water partition coefficient (Wildman–Crippen LogP) is 2.53. The molecule has 8 heteroatoms. The number of amides is 2. The fourth-order valence-corrected chi connectivity index (χ4v) is 2.35. The first-order chi connectivity index (χ1) is 12.4. The summed E-state index contributed by atoms with van der Waals surface area (Å²) in [6, 6.07) is 6.31. The van der Waals surface area contributed by atoms with Crippen LogP contribution in [0.5, 0.6) is 5.75 Å². The van der Waals surface area contributed by atoms with Crippen molar-refractivity contribution in [3.63, 3.8) is 0 Å². The van der Waals surface area contributed by atoms with Crippen molar-refractivity contribution in [2.24, 2.45) is 5.92 Å². The van der Waals surface area contributed by atoms with E-state index in [1.165, 1.54) is 13.2 Å². The Labute approximate surface area is 150 Å². The number of hydrogen-bond donors (Lipinski definition) is 3. The van der Waals surface area contributed by atoms with E-state index in [1.54, 1.807) is 18.2 Å². The van der Waals surface area contributed by atoms with Gasteiger partial charge in [0, 0.05) is 37.1 Å². The van der Waals surface area contributed by atoms with E-state index in [1.807, 2.05) is 13.8 Å². The minimum Gasteiger partial charge on any atom is -0.494 e. The van der Waals surface area contributed by atoms with Gasteiger partial charge in [-0.2, -0.15) is 5.16 Å². The first-order valence-electron chi connectivity index (χ1n) is 8.32. The lowest BCUT2D eigenvalue weighted by atomic mass is 10.1. The molecule has 0 saturated carbocycles. The number of carbonyl (C=O) groups excluding carboxylic acids is 2. The van der Waals surface area contributed by atoms with Gasteiger partial charge in [0.15, 0.2) is 0 Å². The Kier molecular flexibility index (Phi) is 6.60. The minimum absolute atomic E-state index is 0.0944. The Morgan fingerprint density at radius 1 is 1.19 bits per heavy atom. The van der Waals surface area contributed by atoms with Gasteiger partial charge in [0.05, 0.1) is 12.8 Å². The Bertz CT molecular complexity index is 822. The standard InChI is InChI=1S/C18H23N3O5/c1-11(2)8-17(23)20-14-6-4-12(9-15(14)25-3)19-16(22)7-5-13-10-18(24)21-26-13/h4,6,9-11H,5,7-8H2,1-3H3,(H,19,22)(H,20,23)(H,21,24). The van der Waals surface area contributed by atoms with Crippen LogP contribution >= 0.6 is 0 Å². The second-order valence-electron chi connectivity index (χ2n) is 6.29. The van der Waals surface area contributed by atoms with E-state index in [0.29, 0.717) is 35.7 Å². The van der Waals surface area contributed by atoms with Gasteiger partial charge in [0.25, 0.3) is 5.56 Å². The smallest absolute Gasteiger partial charge is 0.280 e. The molecule has 0 aliphatic carbocycles. The molecule has 0 atom stereocenters. The lowest BCUT2D eigenvalue weighted by Crippen LogP contribution is -2.15. The molecule has 1 aromatic heterocycles. The summed E-state index contributed by atoms with van der Waals surface area (Å²) in [5.74, 6) is 0.807. The maximum atomic E-state index is 12.0. The third-order valence-corrected chi connectivity index (χ3v) is 3.53. The van der Waals surface area contributed by atoms with Gasteiger partial charge in [-0.05, 0) is 18.1 Å². The predicted molar refractivity (Wildman–Crippen MR) is 97.4 cm³/mol. The first-order valence-corrected chi connectivity index (χ1v) is 8.32. The number of hydrogen-bond acceptors (Lipinski definition) is 5. The number of aromatic nitrogens is 1. The average molecular weight is 361 g/mol. The van der Waals surface area contributed by atoms with Gasteiger partial charge >= 0.3 is 0 Å². The fraction of sp³-hybridized carbons (Fsp3) is 0.389. The molecule has 8 nitrogen and oxygen atoms in total. The van der Waals surface area contributed by atoms with Gasteiger partial charge in [0.1, 0.15) is 11.5 Å². The number of carbonyl (C=O) groups is 2. The molecule has 2 amide bonds. The maximum absolute atomic E-state index is 12.0. The molecule has 0 fully saturated rings. The number of benzene rings is 1. The molecule has 0 aliphatic heterocycles. The van der Waals surface area contributed by atoms with Crippen LogP contribution in [0.25, 0.3) is 0 Å². The summed E-state index contributed by atoms with van der Waals surface area (Å²) in [5.41, 5.74) is 0.759. The van der Waals surface area contributed by atoms with Crippen molar-refractivity contribution in [3.05, 3.63) is 40.4 Å². The molecule has 3 N–H and O–H groups in total. The van der Waals surface area contributed by atoms with Crippen molar-refractivity contribution in [1.82, 2.24) is 5.16 Å². The van der Waals surface area contributed by atoms with Crippen molar-refractivity contribution >= 4 is 23.2 Å². The number of aromatic amines is 1. The molecule has 140 valence electrons. The number of rotatable bonds is 8. The van der Waals surface area contributed by atoms with Crippen LogP contribution in [0, 0.1) is 5.92 Å². The quantitative estimate of drug-likeness (QED) is 0.669. The van der Waals surface area contributed by atoms with Gasteiger partial charge in [0.2, 0.25) is 11.8 Å². The summed E-state index contributed by atoms with van der Waals surface area (Å²) in [6.07, 6.45) is 0.887. The molecule has 2 aromatic rings. The average Bonchev–Trinajstić information content (AvgIpc) is 2.99. The fourth-order valence-electron chi connectivity index (χ4n) is 2.35. The van der Waals surface area contributed by atoms with E-state index >= 15 is 0 Å². The summed E-state index contributed by atoms with van der Waals surface area (Å²) < 4.78 is 10.2. The highest BCUT2D eigenvalue weighted by atomic mass is 16.5. The van der Waals surface area contributed by atoms with Crippen molar-refractivity contribution < 1.29 is 18.8 Å². The third-order valence-electron chi connectivity index (χ3n) is 3.53. The van der Waals surface area contributed by atoms with E-state index in [4.69, 9.17) is 9.26 Å². The number of ether oxygens (including phenoxy) is 1. The van der Waals surface area contributed by atoms with Crippen molar-refractivity contribution in [2.75, 3.05) is 17.7 Å². The first kappa shape index (κ1) is 19.3. The van der Waals surface area contributed by atoms with Crippen LogP contribution < -0.4 is 20.9 Å². The van der Waals surface area contributed by atoms with Crippen LogP contribution in [0.1, 0.15) is 32.4 Å². The summed E-state index contributed by atoms with van der Waals surface area (Å²) in [5, 5.41) is 7.72. The zero-order chi connectivity index (χ0) is 19.1. The Morgan fingerprint density at radius 2 is 1.96 bits per heavy atom. The van der Waals surface area contributed by atoms with E-state index in [2.05, 4.69) is 15.8 Å². The van der Waals surface area contributed by atoms with Crippen LogP contribution in [0.15, 0.2) is 33.6 Å². The van der Waals surface area contributed by atoms with Crippen molar-refractivity contribution in [3.8, 4) is 5.75 Å². The number of H-pyrrole nitrogens is 1. The van der Waals surface area contributed by atoms with Crippen LogP contribution in [0.4, 0.5) is 11.4 Å². The van der Waals surface area contributed by atoms with Gasteiger partial charge in [-0.15, -0.1) is 0 Å². The Balaban J connectivity index is 1.95. The van der Waals surface area contributed by atoms with Gasteiger partial charge in [-0.25, -0.2) is 0 Å². The molecule has 1 heterocycles. The van der Waals surface area contributed by atoms with Gasteiger partial charge < -0.3 is 19.9 Å².